The molecule has 3 nitrogen and oxygen atoms in total. The largest absolute Gasteiger partial charge is 0.352 e. The Bertz CT molecular complexity index is 491. The molecule has 0 aromatic heterocycles. The van der Waals surface area contributed by atoms with Gasteiger partial charge in [-0.2, -0.15) is 0 Å². The van der Waals surface area contributed by atoms with Gasteiger partial charge in [0.1, 0.15) is 0 Å². The van der Waals surface area contributed by atoms with Gasteiger partial charge < -0.3 is 11.1 Å². The van der Waals surface area contributed by atoms with Gasteiger partial charge in [0.25, 0.3) is 0 Å². The van der Waals surface area contributed by atoms with E-state index in [1.54, 1.807) is 0 Å². The lowest BCUT2D eigenvalue weighted by Gasteiger charge is -2.16. The van der Waals surface area contributed by atoms with Crippen molar-refractivity contribution in [3.63, 3.8) is 0 Å². The first-order valence-corrected chi connectivity index (χ1v) is 7.32. The number of carbonyl (C=O) groups is 1. The lowest BCUT2D eigenvalue weighted by atomic mass is 10.1. The van der Waals surface area contributed by atoms with Crippen molar-refractivity contribution >= 4 is 29.9 Å². The fraction of sp³-hybridized carbons (Fsp3) is 0.533. The summed E-state index contributed by atoms with van der Waals surface area (Å²) in [5.74, 6) is 1.20. The Balaban J connectivity index is 0.00000147. The monoisotopic (exact) mass is 314 g/mol. The van der Waals surface area contributed by atoms with Crippen LogP contribution in [0.25, 0.3) is 0 Å². The van der Waals surface area contributed by atoms with Crippen LogP contribution in [0.5, 0.6) is 0 Å². The van der Waals surface area contributed by atoms with E-state index in [9.17, 15) is 4.79 Å². The van der Waals surface area contributed by atoms with Crippen LogP contribution in [0.15, 0.2) is 24.3 Å². The van der Waals surface area contributed by atoms with E-state index in [4.69, 9.17) is 17.3 Å². The molecule has 3 unspecified atom stereocenters. The van der Waals surface area contributed by atoms with Crippen LogP contribution in [0.3, 0.4) is 0 Å². The van der Waals surface area contributed by atoms with Crippen LogP contribution in [0.1, 0.15) is 30.7 Å². The van der Waals surface area contributed by atoms with Crippen molar-refractivity contribution in [2.45, 2.75) is 31.2 Å². The minimum absolute atomic E-state index is 0. The van der Waals surface area contributed by atoms with Gasteiger partial charge in [0.2, 0.25) is 5.91 Å². The van der Waals surface area contributed by atoms with Crippen molar-refractivity contribution < 1.29 is 4.79 Å². The zero-order valence-electron chi connectivity index (χ0n) is 11.2. The van der Waals surface area contributed by atoms with Crippen LogP contribution in [-0.2, 0) is 4.79 Å². The van der Waals surface area contributed by atoms with E-state index in [2.05, 4.69) is 5.32 Å². The average molecular weight is 315 g/mol. The summed E-state index contributed by atoms with van der Waals surface area (Å²) < 4.78 is 0. The van der Waals surface area contributed by atoms with Crippen molar-refractivity contribution in [1.29, 1.82) is 0 Å². The maximum atomic E-state index is 12.2. The van der Waals surface area contributed by atoms with E-state index in [0.717, 1.165) is 11.4 Å². The number of carbonyl (C=O) groups excluding carboxylic acids is 1. The van der Waals surface area contributed by atoms with Gasteiger partial charge in [-0.05, 0) is 48.8 Å². The number of hydrogen-bond donors (Lipinski definition) is 2. The number of benzene rings is 1. The average Bonchev–Trinajstić information content (AvgIpc) is 3.28. The highest BCUT2D eigenvalue weighted by molar-refractivity contribution is 6.30. The van der Waals surface area contributed by atoms with Crippen molar-refractivity contribution in [3.8, 4) is 0 Å². The maximum absolute atomic E-state index is 12.2. The molecule has 0 spiro atoms. The second kappa shape index (κ2) is 6.33. The first kappa shape index (κ1) is 15.6. The molecule has 3 atom stereocenters. The molecule has 0 bridgehead atoms. The van der Waals surface area contributed by atoms with Crippen molar-refractivity contribution in [3.05, 3.63) is 34.9 Å². The third-order valence-corrected chi connectivity index (χ3v) is 4.41. The lowest BCUT2D eigenvalue weighted by Crippen LogP contribution is -2.42. The molecule has 0 heterocycles. The molecule has 20 heavy (non-hydrogen) atoms. The summed E-state index contributed by atoms with van der Waals surface area (Å²) >= 11 is 5.98. The smallest absolute Gasteiger partial charge is 0.224 e. The van der Waals surface area contributed by atoms with Gasteiger partial charge in [0.05, 0.1) is 0 Å². The van der Waals surface area contributed by atoms with Crippen molar-refractivity contribution in [2.75, 3.05) is 6.54 Å². The number of halogens is 2. The molecule has 1 aromatic carbocycles. The number of rotatable bonds is 5. The van der Waals surface area contributed by atoms with Crippen molar-refractivity contribution in [1.82, 2.24) is 5.32 Å². The highest BCUT2D eigenvalue weighted by Gasteiger charge is 2.45. The molecule has 2 fully saturated rings. The Morgan fingerprint density at radius 1 is 1.45 bits per heavy atom. The van der Waals surface area contributed by atoms with Crippen LogP contribution in [-0.4, -0.2) is 18.5 Å². The molecule has 1 amide bonds. The predicted molar refractivity (Wildman–Crippen MR) is 83.3 cm³/mol. The Hall–Kier alpha value is -0.770. The maximum Gasteiger partial charge on any atom is 0.224 e. The van der Waals surface area contributed by atoms with Crippen molar-refractivity contribution in [2.24, 2.45) is 17.6 Å². The van der Waals surface area contributed by atoms with Gasteiger partial charge in [-0.25, -0.2) is 0 Å². The minimum atomic E-state index is 0. The lowest BCUT2D eigenvalue weighted by molar-refractivity contribution is -0.123. The summed E-state index contributed by atoms with van der Waals surface area (Å²) in [6.45, 7) is 0.547. The molecule has 3 N–H and O–H groups in total. The molecule has 5 heteroatoms. The number of hydrogen-bond acceptors (Lipinski definition) is 2. The SMILES string of the molecule is Cl.NCC(NC(=O)C1CC1c1cccc(Cl)c1)C1CC1. The molecule has 0 saturated heterocycles. The fourth-order valence-corrected chi connectivity index (χ4v) is 2.95. The Morgan fingerprint density at radius 2 is 2.20 bits per heavy atom. The van der Waals surface area contributed by atoms with Crippen LogP contribution in [0, 0.1) is 11.8 Å². The molecule has 3 rings (SSSR count). The Morgan fingerprint density at radius 3 is 2.80 bits per heavy atom. The first-order valence-electron chi connectivity index (χ1n) is 6.95. The molecule has 110 valence electrons. The van der Waals surface area contributed by atoms with Gasteiger partial charge in [0.15, 0.2) is 0 Å². The molecule has 2 aliphatic carbocycles. The zero-order valence-corrected chi connectivity index (χ0v) is 12.8. The number of nitrogens with two attached hydrogens (primary N) is 1. The topological polar surface area (TPSA) is 55.1 Å². The second-order valence-corrected chi connectivity index (χ2v) is 6.13. The number of amides is 1. The van der Waals surface area contributed by atoms with Gasteiger partial charge in [-0.15, -0.1) is 12.4 Å². The van der Waals surface area contributed by atoms with E-state index in [-0.39, 0.29) is 30.3 Å². The quantitative estimate of drug-likeness (QED) is 0.878. The Labute approximate surface area is 130 Å². The second-order valence-electron chi connectivity index (χ2n) is 5.69. The summed E-state index contributed by atoms with van der Waals surface area (Å²) in [5, 5.41) is 3.85. The van der Waals surface area contributed by atoms with Crippen LogP contribution in [0.4, 0.5) is 0 Å². The summed E-state index contributed by atoms with van der Waals surface area (Å²) in [6.07, 6.45) is 3.32. The summed E-state index contributed by atoms with van der Waals surface area (Å²) in [5.41, 5.74) is 6.89. The minimum Gasteiger partial charge on any atom is -0.352 e. The molecular formula is C15H20Cl2N2O. The molecular weight excluding hydrogens is 295 g/mol. The predicted octanol–water partition coefficient (Wildman–Crippen LogP) is 2.72. The highest BCUT2D eigenvalue weighted by Crippen LogP contribution is 2.48. The summed E-state index contributed by atoms with van der Waals surface area (Å²) in [7, 11) is 0. The van der Waals surface area contributed by atoms with Gasteiger partial charge in [0, 0.05) is 23.5 Å². The van der Waals surface area contributed by atoms with E-state index in [0.29, 0.717) is 18.4 Å². The van der Waals surface area contributed by atoms with E-state index in [1.165, 1.54) is 18.4 Å². The third-order valence-electron chi connectivity index (χ3n) is 4.18. The normalized spacial score (nSPS) is 25.5. The highest BCUT2D eigenvalue weighted by atomic mass is 35.5. The van der Waals surface area contributed by atoms with Crippen LogP contribution >= 0.6 is 24.0 Å². The van der Waals surface area contributed by atoms with E-state index < -0.39 is 0 Å². The Kier molecular flexibility index (Phi) is 4.95. The van der Waals surface area contributed by atoms with Gasteiger partial charge >= 0.3 is 0 Å². The zero-order chi connectivity index (χ0) is 13.4. The van der Waals surface area contributed by atoms with Crippen LogP contribution in [0.2, 0.25) is 5.02 Å². The molecule has 2 aliphatic rings. The third kappa shape index (κ3) is 3.46. The first-order chi connectivity index (χ1) is 9.19. The van der Waals surface area contributed by atoms with E-state index in [1.807, 2.05) is 24.3 Å². The van der Waals surface area contributed by atoms with Gasteiger partial charge in [-0.3, -0.25) is 4.79 Å². The molecule has 1 aromatic rings. The summed E-state index contributed by atoms with van der Waals surface area (Å²) in [4.78, 5) is 12.2. The standard InChI is InChI=1S/C15H19ClN2O.ClH/c16-11-3-1-2-10(6-11)12-7-13(12)15(19)18-14(8-17)9-4-5-9;/h1-3,6,9,12-14H,4-5,7-8,17H2,(H,18,19);1H. The number of nitrogens with one attached hydrogen (secondary N) is 1. The van der Waals surface area contributed by atoms with E-state index >= 15 is 0 Å². The fourth-order valence-electron chi connectivity index (χ4n) is 2.75. The summed E-state index contributed by atoms with van der Waals surface area (Å²) in [6, 6.07) is 7.98. The van der Waals surface area contributed by atoms with Crippen LogP contribution < -0.4 is 11.1 Å². The molecule has 0 aliphatic heterocycles. The molecule has 2 saturated carbocycles. The molecule has 0 radical (unpaired) electrons. The van der Waals surface area contributed by atoms with Gasteiger partial charge in [-0.1, -0.05) is 23.7 Å².